The number of benzene rings is 1. The molecule has 3 rings (SSSR count). The van der Waals surface area contributed by atoms with E-state index in [0.29, 0.717) is 16.6 Å². The summed E-state index contributed by atoms with van der Waals surface area (Å²) in [6.45, 7) is 3.10. The van der Waals surface area contributed by atoms with Gasteiger partial charge < -0.3 is 11.1 Å². The predicted molar refractivity (Wildman–Crippen MR) is 87.5 cm³/mol. The van der Waals surface area contributed by atoms with Gasteiger partial charge in [-0.3, -0.25) is 4.79 Å². The number of fused-ring (bicyclic) bond motifs is 1. The fourth-order valence-electron chi connectivity index (χ4n) is 2.96. The Kier molecular flexibility index (Phi) is 4.10. The van der Waals surface area contributed by atoms with Gasteiger partial charge in [0, 0.05) is 12.1 Å². The molecule has 0 unspecified atom stereocenters. The number of hydrogen-bond acceptors (Lipinski definition) is 4. The number of aromatic nitrogens is 1. The number of hydrogen-bond donors (Lipinski definition) is 2. The minimum atomic E-state index is 0.00231. The average molecular weight is 303 g/mol. The van der Waals surface area contributed by atoms with E-state index in [1.807, 2.05) is 18.2 Å². The first-order valence-corrected chi connectivity index (χ1v) is 8.37. The summed E-state index contributed by atoms with van der Waals surface area (Å²) in [5, 5.41) is 3.61. The van der Waals surface area contributed by atoms with Crippen molar-refractivity contribution in [3.05, 3.63) is 23.8 Å². The Morgan fingerprint density at radius 1 is 1.38 bits per heavy atom. The van der Waals surface area contributed by atoms with E-state index in [-0.39, 0.29) is 5.91 Å². The summed E-state index contributed by atoms with van der Waals surface area (Å²) in [6.07, 6.45) is 5.02. The molecule has 0 aliphatic heterocycles. The van der Waals surface area contributed by atoms with Gasteiger partial charge in [-0.15, -0.1) is 0 Å². The highest BCUT2D eigenvalue weighted by Crippen LogP contribution is 2.28. The van der Waals surface area contributed by atoms with Gasteiger partial charge in [0.25, 0.3) is 5.91 Å². The van der Waals surface area contributed by atoms with Crippen molar-refractivity contribution in [1.29, 1.82) is 0 Å². The van der Waals surface area contributed by atoms with Gasteiger partial charge in [-0.25, -0.2) is 4.98 Å². The van der Waals surface area contributed by atoms with Crippen molar-refractivity contribution in [1.82, 2.24) is 10.3 Å². The number of nitrogens with zero attached hydrogens (tertiary/aromatic N) is 1. The maximum Gasteiger partial charge on any atom is 0.251 e. The molecule has 1 aliphatic rings. The molecular weight excluding hydrogens is 282 g/mol. The van der Waals surface area contributed by atoms with Crippen LogP contribution in [0.25, 0.3) is 10.2 Å². The zero-order chi connectivity index (χ0) is 14.8. The second-order valence-corrected chi connectivity index (χ2v) is 7.13. The van der Waals surface area contributed by atoms with Gasteiger partial charge in [-0.2, -0.15) is 0 Å². The zero-order valence-electron chi connectivity index (χ0n) is 12.3. The van der Waals surface area contributed by atoms with E-state index in [4.69, 9.17) is 5.73 Å². The number of rotatable bonds is 3. The summed E-state index contributed by atoms with van der Waals surface area (Å²) in [6, 6.07) is 5.56. The minimum absolute atomic E-state index is 0.00231. The number of carbonyl (C=O) groups is 1. The third-order valence-electron chi connectivity index (χ3n) is 4.35. The molecule has 5 heteroatoms. The smallest absolute Gasteiger partial charge is 0.251 e. The maximum absolute atomic E-state index is 12.2. The molecule has 0 radical (unpaired) electrons. The summed E-state index contributed by atoms with van der Waals surface area (Å²) >= 11 is 1.42. The molecule has 0 atom stereocenters. The monoisotopic (exact) mass is 303 g/mol. The second kappa shape index (κ2) is 6.02. The number of amides is 1. The molecule has 21 heavy (non-hydrogen) atoms. The normalized spacial score (nSPS) is 22.3. The Balaban J connectivity index is 1.61. The van der Waals surface area contributed by atoms with Crippen LogP contribution in [0, 0.1) is 11.8 Å². The van der Waals surface area contributed by atoms with Gasteiger partial charge >= 0.3 is 0 Å². The van der Waals surface area contributed by atoms with E-state index < -0.39 is 0 Å². The fraction of sp³-hybridized carbons (Fsp3) is 0.500. The van der Waals surface area contributed by atoms with Gasteiger partial charge in [0.05, 0.1) is 10.2 Å². The molecule has 2 aromatic rings. The van der Waals surface area contributed by atoms with Crippen molar-refractivity contribution in [2.75, 3.05) is 12.3 Å². The van der Waals surface area contributed by atoms with Crippen LogP contribution in [0.2, 0.25) is 0 Å². The number of nitrogens with two attached hydrogens (primary N) is 1. The fourth-order valence-corrected chi connectivity index (χ4v) is 3.73. The lowest BCUT2D eigenvalue weighted by Gasteiger charge is -2.26. The lowest BCUT2D eigenvalue weighted by Crippen LogP contribution is -2.31. The molecule has 112 valence electrons. The molecule has 0 spiro atoms. The second-order valence-electron chi connectivity index (χ2n) is 6.07. The highest BCUT2D eigenvalue weighted by molar-refractivity contribution is 7.22. The van der Waals surface area contributed by atoms with Gasteiger partial charge in [0.1, 0.15) is 0 Å². The molecule has 1 amide bonds. The highest BCUT2D eigenvalue weighted by Gasteiger charge is 2.19. The quantitative estimate of drug-likeness (QED) is 0.912. The first kappa shape index (κ1) is 14.3. The lowest BCUT2D eigenvalue weighted by molar-refractivity contribution is 0.0942. The van der Waals surface area contributed by atoms with Crippen molar-refractivity contribution in [3.63, 3.8) is 0 Å². The molecule has 1 aliphatic carbocycles. The van der Waals surface area contributed by atoms with Crippen LogP contribution in [0.4, 0.5) is 5.13 Å². The van der Waals surface area contributed by atoms with Crippen molar-refractivity contribution in [2.45, 2.75) is 32.6 Å². The molecule has 3 N–H and O–H groups in total. The van der Waals surface area contributed by atoms with Crippen LogP contribution in [-0.4, -0.2) is 17.4 Å². The standard InChI is InChI=1S/C16H21N3OS/c1-10-2-4-11(5-3-10)9-18-15(20)12-6-7-13-14(8-12)21-16(17)19-13/h6-8,10-11H,2-5,9H2,1H3,(H2,17,19)(H,18,20). The van der Waals surface area contributed by atoms with E-state index >= 15 is 0 Å². The predicted octanol–water partition coefficient (Wildman–Crippen LogP) is 3.43. The third-order valence-corrected chi connectivity index (χ3v) is 5.20. The van der Waals surface area contributed by atoms with E-state index in [0.717, 1.165) is 22.7 Å². The van der Waals surface area contributed by atoms with Crippen LogP contribution in [0.15, 0.2) is 18.2 Å². The topological polar surface area (TPSA) is 68.0 Å². The first-order chi connectivity index (χ1) is 10.1. The summed E-state index contributed by atoms with van der Waals surface area (Å²) in [4.78, 5) is 16.4. The molecule has 1 fully saturated rings. The van der Waals surface area contributed by atoms with Gasteiger partial charge in [0.2, 0.25) is 0 Å². The van der Waals surface area contributed by atoms with Gasteiger partial charge in [0.15, 0.2) is 5.13 Å². The van der Waals surface area contributed by atoms with Crippen LogP contribution in [0.5, 0.6) is 0 Å². The molecule has 4 nitrogen and oxygen atoms in total. The van der Waals surface area contributed by atoms with Crippen LogP contribution in [0.3, 0.4) is 0 Å². The number of nitrogens with one attached hydrogen (secondary N) is 1. The van der Waals surface area contributed by atoms with Crippen LogP contribution in [0.1, 0.15) is 43.0 Å². The Labute approximate surface area is 128 Å². The SMILES string of the molecule is CC1CCC(CNC(=O)c2ccc3nc(N)sc3c2)CC1. The third kappa shape index (κ3) is 3.35. The van der Waals surface area contributed by atoms with E-state index in [1.54, 1.807) is 0 Å². The Hall–Kier alpha value is -1.62. The highest BCUT2D eigenvalue weighted by atomic mass is 32.1. The van der Waals surface area contributed by atoms with Crippen molar-refractivity contribution in [3.8, 4) is 0 Å². The largest absolute Gasteiger partial charge is 0.375 e. The van der Waals surface area contributed by atoms with E-state index in [2.05, 4.69) is 17.2 Å². The summed E-state index contributed by atoms with van der Waals surface area (Å²) in [5.41, 5.74) is 7.24. The Bertz CT molecular complexity index is 644. The molecule has 0 saturated heterocycles. The molecule has 1 aromatic carbocycles. The van der Waals surface area contributed by atoms with Gasteiger partial charge in [-0.1, -0.05) is 31.1 Å². The molecule has 1 aromatic heterocycles. The molecule has 1 saturated carbocycles. The number of carbonyl (C=O) groups excluding carboxylic acids is 1. The molecular formula is C16H21N3OS. The van der Waals surface area contributed by atoms with E-state index in [1.165, 1.54) is 37.0 Å². The van der Waals surface area contributed by atoms with Gasteiger partial charge in [-0.05, 0) is 42.9 Å². The van der Waals surface area contributed by atoms with Crippen LogP contribution < -0.4 is 11.1 Å². The van der Waals surface area contributed by atoms with Crippen LogP contribution in [-0.2, 0) is 0 Å². The van der Waals surface area contributed by atoms with Crippen LogP contribution >= 0.6 is 11.3 Å². The lowest BCUT2D eigenvalue weighted by atomic mass is 9.83. The van der Waals surface area contributed by atoms with Crippen molar-refractivity contribution in [2.24, 2.45) is 11.8 Å². The number of nitrogen functional groups attached to an aromatic ring is 1. The maximum atomic E-state index is 12.2. The summed E-state index contributed by atoms with van der Waals surface area (Å²) in [7, 11) is 0. The molecule has 1 heterocycles. The van der Waals surface area contributed by atoms with E-state index in [9.17, 15) is 4.79 Å². The van der Waals surface area contributed by atoms with Crippen molar-refractivity contribution >= 4 is 32.6 Å². The first-order valence-electron chi connectivity index (χ1n) is 7.56. The average Bonchev–Trinajstić information content (AvgIpc) is 2.85. The summed E-state index contributed by atoms with van der Waals surface area (Å²) < 4.78 is 0.964. The van der Waals surface area contributed by atoms with Crippen molar-refractivity contribution < 1.29 is 4.79 Å². The Morgan fingerprint density at radius 3 is 2.90 bits per heavy atom. The number of thiazole rings is 1. The zero-order valence-corrected chi connectivity index (χ0v) is 13.1. The summed E-state index contributed by atoms with van der Waals surface area (Å²) in [5.74, 6) is 1.48. The number of anilines is 1. The minimum Gasteiger partial charge on any atom is -0.375 e. The molecule has 0 bridgehead atoms. The Morgan fingerprint density at radius 2 is 2.14 bits per heavy atom.